The average molecular weight is 447 g/mol. The predicted molar refractivity (Wildman–Crippen MR) is 119 cm³/mol. The minimum absolute atomic E-state index is 0.0748. The summed E-state index contributed by atoms with van der Waals surface area (Å²) in [5, 5.41) is 0. The van der Waals surface area contributed by atoms with Crippen LogP contribution >= 0.6 is 0 Å². The van der Waals surface area contributed by atoms with Crippen molar-refractivity contribution in [2.75, 3.05) is 20.0 Å². The molecule has 0 unspecified atom stereocenters. The molecule has 3 fully saturated rings. The van der Waals surface area contributed by atoms with Crippen LogP contribution < -0.4 is 0 Å². The van der Waals surface area contributed by atoms with Gasteiger partial charge in [0.25, 0.3) is 0 Å². The maximum atomic E-state index is 13.5. The number of carbonyl (C=O) groups excluding carboxylic acids is 3. The lowest BCUT2D eigenvalue weighted by atomic mass is 9.46. The topological polar surface area (TPSA) is 78.9 Å². The van der Waals surface area contributed by atoms with Crippen LogP contribution in [0.5, 0.6) is 0 Å². The summed E-state index contributed by atoms with van der Waals surface area (Å²) >= 11 is 0. The number of Topliss-reactive ketones (excluding diaryl/α,β-unsaturated/α-hetero) is 1. The molecule has 0 spiro atoms. The van der Waals surface area contributed by atoms with Crippen molar-refractivity contribution in [1.82, 2.24) is 0 Å². The van der Waals surface area contributed by atoms with Crippen LogP contribution in [0.15, 0.2) is 11.6 Å². The Morgan fingerprint density at radius 2 is 1.81 bits per heavy atom. The van der Waals surface area contributed by atoms with Crippen molar-refractivity contribution in [2.24, 2.45) is 28.6 Å². The quantitative estimate of drug-likeness (QED) is 0.328. The second-order valence-electron chi connectivity index (χ2n) is 10.7. The molecular formula is C26H38O6. The van der Waals surface area contributed by atoms with E-state index in [0.717, 1.165) is 38.5 Å². The molecule has 0 radical (unpaired) electrons. The van der Waals surface area contributed by atoms with Crippen molar-refractivity contribution in [1.29, 1.82) is 0 Å². The Hall–Kier alpha value is -1.53. The molecule has 6 atom stereocenters. The molecular weight excluding hydrogens is 408 g/mol. The number of carbonyl (C=O) groups is 3. The Morgan fingerprint density at radius 1 is 1.06 bits per heavy atom. The van der Waals surface area contributed by atoms with Gasteiger partial charge in [-0.05, 0) is 81.1 Å². The van der Waals surface area contributed by atoms with Crippen molar-refractivity contribution in [3.05, 3.63) is 11.6 Å². The molecule has 6 nitrogen and oxygen atoms in total. The van der Waals surface area contributed by atoms with Crippen LogP contribution in [-0.4, -0.2) is 43.1 Å². The highest BCUT2D eigenvalue weighted by Crippen LogP contribution is 2.68. The van der Waals surface area contributed by atoms with Crippen LogP contribution in [-0.2, 0) is 28.6 Å². The van der Waals surface area contributed by atoms with Crippen LogP contribution in [0.25, 0.3) is 0 Å². The second-order valence-corrected chi connectivity index (χ2v) is 10.7. The van der Waals surface area contributed by atoms with Crippen LogP contribution in [0.2, 0.25) is 0 Å². The smallest absolute Gasteiger partial charge is 0.303 e. The Bertz CT molecular complexity index is 817. The van der Waals surface area contributed by atoms with E-state index in [0.29, 0.717) is 37.2 Å². The lowest BCUT2D eigenvalue weighted by Crippen LogP contribution is -2.59. The molecule has 0 aromatic carbocycles. The number of ketones is 2. The van der Waals surface area contributed by atoms with Crippen molar-refractivity contribution in [2.45, 2.75) is 84.7 Å². The van der Waals surface area contributed by atoms with Crippen molar-refractivity contribution < 1.29 is 28.6 Å². The zero-order valence-corrected chi connectivity index (χ0v) is 20.0. The van der Waals surface area contributed by atoms with Gasteiger partial charge in [0.15, 0.2) is 12.4 Å². The molecule has 0 bridgehead atoms. The van der Waals surface area contributed by atoms with Crippen LogP contribution in [0.3, 0.4) is 0 Å². The Labute approximate surface area is 191 Å². The number of fused-ring (bicyclic) bond motifs is 5. The molecule has 32 heavy (non-hydrogen) atoms. The van der Waals surface area contributed by atoms with Gasteiger partial charge in [-0.2, -0.15) is 0 Å². The van der Waals surface area contributed by atoms with Crippen molar-refractivity contribution >= 4 is 17.5 Å². The fourth-order valence-electron chi connectivity index (χ4n) is 7.84. The predicted octanol–water partition coefficient (Wildman–Crippen LogP) is 4.40. The molecule has 4 aliphatic rings. The van der Waals surface area contributed by atoms with Gasteiger partial charge in [0.2, 0.25) is 5.78 Å². The summed E-state index contributed by atoms with van der Waals surface area (Å²) in [6.07, 6.45) is 9.07. The van der Waals surface area contributed by atoms with E-state index in [1.165, 1.54) is 12.5 Å². The summed E-state index contributed by atoms with van der Waals surface area (Å²) in [5.41, 5.74) is 0.149. The van der Waals surface area contributed by atoms with Crippen LogP contribution in [0.4, 0.5) is 0 Å². The number of rotatable bonds is 7. The van der Waals surface area contributed by atoms with Gasteiger partial charge in [0.1, 0.15) is 12.4 Å². The first kappa shape index (κ1) is 23.6. The minimum atomic E-state index is -0.979. The number of allylic oxidation sites excluding steroid dienone is 1. The molecule has 0 N–H and O–H groups in total. The third-order valence-corrected chi connectivity index (χ3v) is 9.53. The third kappa shape index (κ3) is 3.58. The molecule has 4 rings (SSSR count). The largest absolute Gasteiger partial charge is 0.458 e. The highest BCUT2D eigenvalue weighted by molar-refractivity contribution is 5.92. The van der Waals surface area contributed by atoms with E-state index in [9.17, 15) is 14.4 Å². The van der Waals surface area contributed by atoms with Crippen molar-refractivity contribution in [3.63, 3.8) is 0 Å². The molecule has 0 aromatic heterocycles. The van der Waals surface area contributed by atoms with Gasteiger partial charge < -0.3 is 14.2 Å². The number of hydrogen-bond donors (Lipinski definition) is 0. The Kier molecular flexibility index (Phi) is 6.40. The SMILES string of the molecule is CCOCO[C@]1(C(=O)COC(C)=O)CC[C@H]2[C@@H]3CCC4=CC(=O)CC[C@]4(C)[C@H]3CC[C@@]21C. The standard InChI is InChI=1S/C26H38O6/c1-5-30-16-32-26(23(29)15-31-17(2)27)13-10-22-20-7-6-18-14-19(28)8-11-24(18,3)21(20)9-12-25(22,26)4/h14,20-22H,5-13,15-16H2,1-4H3/t20-,21+,22+,24+,25+,26+/m1/s1. The van der Waals surface area contributed by atoms with Crippen molar-refractivity contribution in [3.8, 4) is 0 Å². The fraction of sp³-hybridized carbons (Fsp3) is 0.808. The molecule has 3 saturated carbocycles. The average Bonchev–Trinajstić information content (AvgIpc) is 3.06. The molecule has 0 amide bonds. The van der Waals surface area contributed by atoms with E-state index < -0.39 is 11.6 Å². The maximum Gasteiger partial charge on any atom is 0.303 e. The monoisotopic (exact) mass is 446 g/mol. The first-order valence-electron chi connectivity index (χ1n) is 12.3. The summed E-state index contributed by atoms with van der Waals surface area (Å²) in [6, 6.07) is 0. The number of hydrogen-bond acceptors (Lipinski definition) is 6. The van der Waals surface area contributed by atoms with Gasteiger partial charge in [-0.25, -0.2) is 0 Å². The number of esters is 1. The molecule has 178 valence electrons. The van der Waals surface area contributed by atoms with E-state index in [4.69, 9.17) is 14.2 Å². The molecule has 0 aromatic rings. The molecule has 0 aliphatic heterocycles. The summed E-state index contributed by atoms with van der Waals surface area (Å²) in [4.78, 5) is 37.0. The zero-order valence-electron chi connectivity index (χ0n) is 20.0. The van der Waals surface area contributed by atoms with Crippen LogP contribution in [0.1, 0.15) is 79.1 Å². The lowest BCUT2D eigenvalue weighted by molar-refractivity contribution is -0.208. The maximum absolute atomic E-state index is 13.5. The van der Waals surface area contributed by atoms with E-state index in [1.54, 1.807) is 0 Å². The highest BCUT2D eigenvalue weighted by atomic mass is 16.7. The summed E-state index contributed by atoms with van der Waals surface area (Å²) in [7, 11) is 0. The molecule has 4 aliphatic carbocycles. The Morgan fingerprint density at radius 3 is 2.53 bits per heavy atom. The fourth-order valence-corrected chi connectivity index (χ4v) is 7.84. The summed E-state index contributed by atoms with van der Waals surface area (Å²) in [5.74, 6) is 1.12. The summed E-state index contributed by atoms with van der Waals surface area (Å²) < 4.78 is 16.9. The zero-order chi connectivity index (χ0) is 23.1. The molecule has 6 heteroatoms. The van der Waals surface area contributed by atoms with E-state index in [2.05, 4.69) is 13.8 Å². The minimum Gasteiger partial charge on any atom is -0.458 e. The van der Waals surface area contributed by atoms with E-state index >= 15 is 0 Å². The van der Waals surface area contributed by atoms with Gasteiger partial charge in [-0.1, -0.05) is 19.4 Å². The van der Waals surface area contributed by atoms with Crippen LogP contribution in [0, 0.1) is 28.6 Å². The second kappa shape index (κ2) is 8.68. The molecule has 0 heterocycles. The summed E-state index contributed by atoms with van der Waals surface area (Å²) in [6.45, 7) is 8.17. The van der Waals surface area contributed by atoms with Gasteiger partial charge in [0, 0.05) is 25.4 Å². The number of ether oxygens (including phenoxy) is 3. The third-order valence-electron chi connectivity index (χ3n) is 9.53. The van der Waals surface area contributed by atoms with Gasteiger partial charge >= 0.3 is 5.97 Å². The normalized spacial score (nSPS) is 40.7. The highest BCUT2D eigenvalue weighted by Gasteiger charge is 2.67. The lowest BCUT2D eigenvalue weighted by Gasteiger charge is -2.59. The first-order chi connectivity index (χ1) is 15.2. The first-order valence-corrected chi connectivity index (χ1v) is 12.3. The van der Waals surface area contributed by atoms with E-state index in [1.807, 2.05) is 13.0 Å². The molecule has 0 saturated heterocycles. The Balaban J connectivity index is 1.63. The van der Waals surface area contributed by atoms with Gasteiger partial charge in [0.05, 0.1) is 0 Å². The van der Waals surface area contributed by atoms with Gasteiger partial charge in [-0.15, -0.1) is 0 Å². The van der Waals surface area contributed by atoms with E-state index in [-0.39, 0.29) is 35.8 Å². The van der Waals surface area contributed by atoms with Gasteiger partial charge in [-0.3, -0.25) is 14.4 Å².